The number of aliphatic hydroxyl groups is 1. The Balaban J connectivity index is 2.35. The number of hydrogen-bond donors (Lipinski definition) is 2. The van der Waals surface area contributed by atoms with Gasteiger partial charge in [-0.2, -0.15) is 0 Å². The molecule has 0 heterocycles. The van der Waals surface area contributed by atoms with Crippen LogP contribution in [-0.4, -0.2) is 30.3 Å². The number of aryl methyl sites for hydroxylation is 1. The minimum atomic E-state index is -0.168. The van der Waals surface area contributed by atoms with E-state index in [0.717, 1.165) is 12.0 Å². The van der Waals surface area contributed by atoms with E-state index < -0.39 is 0 Å². The summed E-state index contributed by atoms with van der Waals surface area (Å²) in [6.45, 7) is 3.90. The van der Waals surface area contributed by atoms with Crippen LogP contribution in [-0.2, 0) is 4.79 Å². The summed E-state index contributed by atoms with van der Waals surface area (Å²) in [7, 11) is 0. The van der Waals surface area contributed by atoms with E-state index in [1.807, 2.05) is 13.8 Å². The van der Waals surface area contributed by atoms with Crippen LogP contribution in [0, 0.1) is 6.92 Å². The molecule has 0 saturated carbocycles. The van der Waals surface area contributed by atoms with Gasteiger partial charge in [-0.1, -0.05) is 11.6 Å². The molecule has 1 amide bonds. The first-order valence-corrected chi connectivity index (χ1v) is 6.70. The molecule has 1 unspecified atom stereocenters. The molecule has 1 rings (SSSR count). The van der Waals surface area contributed by atoms with Crippen molar-refractivity contribution >= 4 is 17.5 Å². The molecule has 1 aromatic rings. The lowest BCUT2D eigenvalue weighted by Gasteiger charge is -2.13. The van der Waals surface area contributed by atoms with Gasteiger partial charge in [-0.15, -0.1) is 0 Å². The van der Waals surface area contributed by atoms with Gasteiger partial charge >= 0.3 is 0 Å². The maximum absolute atomic E-state index is 11.6. The Kier molecular flexibility index (Phi) is 6.67. The highest BCUT2D eigenvalue weighted by molar-refractivity contribution is 6.31. The second kappa shape index (κ2) is 8.02. The molecule has 1 atom stereocenters. The number of benzene rings is 1. The second-order valence-corrected chi connectivity index (χ2v) is 4.94. The Hall–Kier alpha value is -1.26. The number of amides is 1. The first kappa shape index (κ1) is 15.8. The van der Waals surface area contributed by atoms with Crippen LogP contribution in [0.15, 0.2) is 18.2 Å². The SMILES string of the molecule is Cc1cc(OCC(=O)NC(C)CCCO)ccc1Cl. The summed E-state index contributed by atoms with van der Waals surface area (Å²) in [6, 6.07) is 5.31. The van der Waals surface area contributed by atoms with Crippen LogP contribution < -0.4 is 10.1 Å². The lowest BCUT2D eigenvalue weighted by Crippen LogP contribution is -2.36. The lowest BCUT2D eigenvalue weighted by molar-refractivity contribution is -0.123. The van der Waals surface area contributed by atoms with Gasteiger partial charge in [0, 0.05) is 17.7 Å². The van der Waals surface area contributed by atoms with Crippen LogP contribution in [0.3, 0.4) is 0 Å². The number of carbonyl (C=O) groups excluding carboxylic acids is 1. The van der Waals surface area contributed by atoms with E-state index in [4.69, 9.17) is 21.4 Å². The van der Waals surface area contributed by atoms with Crippen molar-refractivity contribution in [1.82, 2.24) is 5.32 Å². The van der Waals surface area contributed by atoms with Crippen molar-refractivity contribution in [3.05, 3.63) is 28.8 Å². The van der Waals surface area contributed by atoms with Crippen molar-refractivity contribution in [2.75, 3.05) is 13.2 Å². The highest BCUT2D eigenvalue weighted by Crippen LogP contribution is 2.20. The van der Waals surface area contributed by atoms with E-state index in [0.29, 0.717) is 17.2 Å². The Bertz CT molecular complexity index is 423. The van der Waals surface area contributed by atoms with Gasteiger partial charge in [-0.05, 0) is 50.5 Å². The standard InChI is InChI=1S/C14H20ClNO3/c1-10-8-12(5-6-13(10)15)19-9-14(18)16-11(2)4-3-7-17/h5-6,8,11,17H,3-4,7,9H2,1-2H3,(H,16,18). The van der Waals surface area contributed by atoms with E-state index in [9.17, 15) is 4.79 Å². The number of carbonyl (C=O) groups is 1. The summed E-state index contributed by atoms with van der Waals surface area (Å²) in [5.41, 5.74) is 0.913. The topological polar surface area (TPSA) is 58.6 Å². The van der Waals surface area contributed by atoms with Crippen molar-refractivity contribution in [2.45, 2.75) is 32.7 Å². The summed E-state index contributed by atoms with van der Waals surface area (Å²) in [5.74, 6) is 0.457. The molecule has 19 heavy (non-hydrogen) atoms. The highest BCUT2D eigenvalue weighted by Gasteiger charge is 2.08. The van der Waals surface area contributed by atoms with Gasteiger partial charge in [-0.25, -0.2) is 0 Å². The van der Waals surface area contributed by atoms with E-state index in [-0.39, 0.29) is 25.2 Å². The Morgan fingerprint density at radius 1 is 1.53 bits per heavy atom. The summed E-state index contributed by atoms with van der Waals surface area (Å²) < 4.78 is 5.39. The fourth-order valence-corrected chi connectivity index (χ4v) is 1.76. The van der Waals surface area contributed by atoms with Gasteiger partial charge in [0.05, 0.1) is 0 Å². The quantitative estimate of drug-likeness (QED) is 0.808. The number of aliphatic hydroxyl groups excluding tert-OH is 1. The van der Waals surface area contributed by atoms with Gasteiger partial charge < -0.3 is 15.2 Å². The van der Waals surface area contributed by atoms with E-state index >= 15 is 0 Å². The molecule has 0 aliphatic carbocycles. The van der Waals surface area contributed by atoms with Crippen molar-refractivity contribution in [1.29, 1.82) is 0 Å². The summed E-state index contributed by atoms with van der Waals surface area (Å²) in [4.78, 5) is 11.6. The zero-order chi connectivity index (χ0) is 14.3. The largest absolute Gasteiger partial charge is 0.484 e. The zero-order valence-electron chi connectivity index (χ0n) is 11.3. The predicted molar refractivity (Wildman–Crippen MR) is 75.6 cm³/mol. The monoisotopic (exact) mass is 285 g/mol. The van der Waals surface area contributed by atoms with Crippen LogP contribution in [0.4, 0.5) is 0 Å². The van der Waals surface area contributed by atoms with Crippen LogP contribution in [0.2, 0.25) is 5.02 Å². The third-order valence-corrected chi connectivity index (χ3v) is 3.13. The molecule has 0 radical (unpaired) electrons. The van der Waals surface area contributed by atoms with Gasteiger partial charge in [0.15, 0.2) is 6.61 Å². The van der Waals surface area contributed by atoms with E-state index in [1.165, 1.54) is 0 Å². The van der Waals surface area contributed by atoms with Gasteiger partial charge in [0.25, 0.3) is 5.91 Å². The Morgan fingerprint density at radius 2 is 2.26 bits per heavy atom. The van der Waals surface area contributed by atoms with Crippen molar-refractivity contribution < 1.29 is 14.6 Å². The molecule has 0 aromatic heterocycles. The average Bonchev–Trinajstić information content (AvgIpc) is 2.38. The van der Waals surface area contributed by atoms with Gasteiger partial charge in [-0.3, -0.25) is 4.79 Å². The smallest absolute Gasteiger partial charge is 0.258 e. The third-order valence-electron chi connectivity index (χ3n) is 2.70. The molecule has 0 spiro atoms. The first-order valence-electron chi connectivity index (χ1n) is 6.32. The van der Waals surface area contributed by atoms with Crippen LogP contribution >= 0.6 is 11.6 Å². The fraction of sp³-hybridized carbons (Fsp3) is 0.500. The molecule has 0 saturated heterocycles. The zero-order valence-corrected chi connectivity index (χ0v) is 12.0. The van der Waals surface area contributed by atoms with Crippen molar-refractivity contribution in [2.24, 2.45) is 0 Å². The maximum Gasteiger partial charge on any atom is 0.258 e. The number of nitrogens with one attached hydrogen (secondary N) is 1. The Labute approximate surface area is 118 Å². The van der Waals surface area contributed by atoms with Gasteiger partial charge in [0.2, 0.25) is 0 Å². The van der Waals surface area contributed by atoms with Gasteiger partial charge in [0.1, 0.15) is 5.75 Å². The second-order valence-electron chi connectivity index (χ2n) is 4.53. The number of rotatable bonds is 7. The average molecular weight is 286 g/mol. The summed E-state index contributed by atoms with van der Waals surface area (Å²) in [5, 5.41) is 12.2. The minimum absolute atomic E-state index is 0.0233. The predicted octanol–water partition coefficient (Wildman–Crippen LogP) is 2.30. The molecule has 0 bridgehead atoms. The summed E-state index contributed by atoms with van der Waals surface area (Å²) >= 11 is 5.91. The molecule has 106 valence electrons. The molecule has 0 aliphatic heterocycles. The molecule has 2 N–H and O–H groups in total. The molecule has 0 aliphatic rings. The lowest BCUT2D eigenvalue weighted by atomic mass is 10.2. The molecule has 1 aromatic carbocycles. The minimum Gasteiger partial charge on any atom is -0.484 e. The molecular formula is C14H20ClNO3. The molecule has 4 nitrogen and oxygen atoms in total. The van der Waals surface area contributed by atoms with Crippen LogP contribution in [0.25, 0.3) is 0 Å². The maximum atomic E-state index is 11.6. The summed E-state index contributed by atoms with van der Waals surface area (Å²) in [6.07, 6.45) is 1.43. The molecule has 5 heteroatoms. The van der Waals surface area contributed by atoms with E-state index in [2.05, 4.69) is 5.32 Å². The fourth-order valence-electron chi connectivity index (χ4n) is 1.64. The normalized spacial score (nSPS) is 12.0. The van der Waals surface area contributed by atoms with Crippen molar-refractivity contribution in [3.8, 4) is 5.75 Å². The number of hydrogen-bond acceptors (Lipinski definition) is 3. The molecular weight excluding hydrogens is 266 g/mol. The number of ether oxygens (including phenoxy) is 1. The van der Waals surface area contributed by atoms with Crippen LogP contribution in [0.5, 0.6) is 5.75 Å². The Morgan fingerprint density at radius 3 is 2.89 bits per heavy atom. The van der Waals surface area contributed by atoms with Crippen LogP contribution in [0.1, 0.15) is 25.3 Å². The highest BCUT2D eigenvalue weighted by atomic mass is 35.5. The number of halogens is 1. The molecule has 0 fully saturated rings. The first-order chi connectivity index (χ1) is 9.02. The third kappa shape index (κ3) is 5.94. The van der Waals surface area contributed by atoms with Crippen molar-refractivity contribution in [3.63, 3.8) is 0 Å². The van der Waals surface area contributed by atoms with E-state index in [1.54, 1.807) is 18.2 Å².